The van der Waals surface area contributed by atoms with Gasteiger partial charge in [0.15, 0.2) is 17.3 Å². The average Bonchev–Trinajstić information content (AvgIpc) is 2.94. The van der Waals surface area contributed by atoms with Crippen molar-refractivity contribution in [3.63, 3.8) is 0 Å². The van der Waals surface area contributed by atoms with Gasteiger partial charge in [-0.25, -0.2) is 0 Å². The maximum Gasteiger partial charge on any atom is 0.232 e. The monoisotopic (exact) mass is 334 g/mol. The number of aromatic hydroxyl groups is 2. The molecule has 0 radical (unpaired) electrons. The fraction of sp³-hybridized carbons (Fsp3) is 0.0500. The van der Waals surface area contributed by atoms with E-state index in [4.69, 9.17) is 9.47 Å². The number of hydrogen-bond donors (Lipinski definition) is 2. The van der Waals surface area contributed by atoms with Crippen LogP contribution in [-0.2, 0) is 0 Å². The molecule has 0 spiro atoms. The first-order valence-electron chi connectivity index (χ1n) is 7.64. The SMILES string of the molecule is COc1ccc2cc(C=C3Oc4c(ccc(O)c4O)C3=O)ccc2c1. The number of phenolic OH excluding ortho intramolecular Hbond substituents is 2. The van der Waals surface area contributed by atoms with Crippen molar-refractivity contribution in [1.82, 2.24) is 0 Å². The van der Waals surface area contributed by atoms with Gasteiger partial charge in [-0.3, -0.25) is 4.79 Å². The smallest absolute Gasteiger partial charge is 0.232 e. The minimum atomic E-state index is -0.431. The number of allylic oxidation sites excluding steroid dienone is 1. The van der Waals surface area contributed by atoms with Crippen molar-refractivity contribution in [2.75, 3.05) is 7.11 Å². The highest BCUT2D eigenvalue weighted by Crippen LogP contribution is 2.44. The number of Topliss-reactive ketones (excluding diaryl/α,β-unsaturated/α-hetero) is 1. The molecule has 1 heterocycles. The lowest BCUT2D eigenvalue weighted by Gasteiger charge is -2.04. The number of ether oxygens (including phenoxy) is 2. The second kappa shape index (κ2) is 5.56. The van der Waals surface area contributed by atoms with E-state index in [1.807, 2.05) is 36.4 Å². The number of phenols is 2. The zero-order valence-corrected chi connectivity index (χ0v) is 13.3. The molecule has 0 amide bonds. The van der Waals surface area contributed by atoms with E-state index in [1.165, 1.54) is 12.1 Å². The maximum absolute atomic E-state index is 12.4. The summed E-state index contributed by atoms with van der Waals surface area (Å²) in [4.78, 5) is 12.4. The predicted octanol–water partition coefficient (Wildman–Crippen LogP) is 3.88. The largest absolute Gasteiger partial charge is 0.504 e. The number of benzene rings is 3. The Morgan fingerprint density at radius 2 is 1.76 bits per heavy atom. The van der Waals surface area contributed by atoms with Gasteiger partial charge in [-0.2, -0.15) is 0 Å². The first-order valence-corrected chi connectivity index (χ1v) is 7.64. The van der Waals surface area contributed by atoms with E-state index >= 15 is 0 Å². The summed E-state index contributed by atoms with van der Waals surface area (Å²) in [6.07, 6.45) is 1.61. The first kappa shape index (κ1) is 15.1. The third-order valence-corrected chi connectivity index (χ3v) is 4.16. The summed E-state index contributed by atoms with van der Waals surface area (Å²) < 4.78 is 10.7. The van der Waals surface area contributed by atoms with Crippen molar-refractivity contribution in [3.05, 3.63) is 65.4 Å². The summed E-state index contributed by atoms with van der Waals surface area (Å²) in [7, 11) is 1.62. The van der Waals surface area contributed by atoms with Crippen LogP contribution in [0.5, 0.6) is 23.0 Å². The molecule has 1 aliphatic heterocycles. The lowest BCUT2D eigenvalue weighted by molar-refractivity contribution is 0.101. The molecule has 0 bridgehead atoms. The van der Waals surface area contributed by atoms with Gasteiger partial charge in [0.25, 0.3) is 0 Å². The second-order valence-corrected chi connectivity index (χ2v) is 5.72. The number of fused-ring (bicyclic) bond motifs is 2. The lowest BCUT2D eigenvalue weighted by Crippen LogP contribution is -1.97. The zero-order valence-electron chi connectivity index (χ0n) is 13.3. The minimum Gasteiger partial charge on any atom is -0.504 e. The van der Waals surface area contributed by atoms with Crippen LogP contribution in [0.15, 0.2) is 54.3 Å². The molecule has 1 aliphatic rings. The van der Waals surface area contributed by atoms with Gasteiger partial charge < -0.3 is 19.7 Å². The van der Waals surface area contributed by atoms with E-state index in [0.29, 0.717) is 0 Å². The Kier molecular flexibility index (Phi) is 3.35. The van der Waals surface area contributed by atoms with Crippen molar-refractivity contribution in [2.45, 2.75) is 0 Å². The molecule has 2 N–H and O–H groups in total. The van der Waals surface area contributed by atoms with Crippen LogP contribution in [0.4, 0.5) is 0 Å². The quantitative estimate of drug-likeness (QED) is 0.549. The lowest BCUT2D eigenvalue weighted by atomic mass is 10.0. The summed E-state index contributed by atoms with van der Waals surface area (Å²) in [5, 5.41) is 21.4. The normalized spacial score (nSPS) is 14.6. The second-order valence-electron chi connectivity index (χ2n) is 5.72. The highest BCUT2D eigenvalue weighted by Gasteiger charge is 2.31. The number of methoxy groups -OCH3 is 1. The van der Waals surface area contributed by atoms with E-state index in [2.05, 4.69) is 0 Å². The molecule has 0 saturated heterocycles. The van der Waals surface area contributed by atoms with E-state index in [0.717, 1.165) is 22.1 Å². The summed E-state index contributed by atoms with van der Waals surface area (Å²) in [6.45, 7) is 0. The number of hydrogen-bond acceptors (Lipinski definition) is 5. The highest BCUT2D eigenvalue weighted by molar-refractivity contribution is 6.15. The number of ketones is 1. The molecule has 4 rings (SSSR count). The fourth-order valence-corrected chi connectivity index (χ4v) is 2.84. The predicted molar refractivity (Wildman–Crippen MR) is 93.2 cm³/mol. The Balaban J connectivity index is 1.73. The summed E-state index contributed by atoms with van der Waals surface area (Å²) in [5.41, 5.74) is 1.02. The first-order chi connectivity index (χ1) is 12.1. The van der Waals surface area contributed by atoms with Crippen LogP contribution in [0.25, 0.3) is 16.8 Å². The Morgan fingerprint density at radius 3 is 2.56 bits per heavy atom. The number of carbonyl (C=O) groups excluding carboxylic acids is 1. The Bertz CT molecular complexity index is 1050. The Morgan fingerprint density at radius 1 is 1.00 bits per heavy atom. The molecule has 3 aromatic rings. The number of rotatable bonds is 2. The molecule has 25 heavy (non-hydrogen) atoms. The van der Waals surface area contributed by atoms with Gasteiger partial charge in [0.05, 0.1) is 12.7 Å². The molecule has 0 fully saturated rings. The zero-order chi connectivity index (χ0) is 17.6. The van der Waals surface area contributed by atoms with Crippen LogP contribution in [0.3, 0.4) is 0 Å². The molecular formula is C20H14O5. The molecule has 5 heteroatoms. The van der Waals surface area contributed by atoms with Crippen molar-refractivity contribution < 1.29 is 24.5 Å². The van der Waals surface area contributed by atoms with Crippen LogP contribution in [0, 0.1) is 0 Å². The van der Waals surface area contributed by atoms with Crippen LogP contribution in [0.2, 0.25) is 0 Å². The van der Waals surface area contributed by atoms with Crippen molar-refractivity contribution in [3.8, 4) is 23.0 Å². The Hall–Kier alpha value is -3.47. The third-order valence-electron chi connectivity index (χ3n) is 4.16. The van der Waals surface area contributed by atoms with Crippen LogP contribution < -0.4 is 9.47 Å². The average molecular weight is 334 g/mol. The minimum absolute atomic E-state index is 0.0122. The van der Waals surface area contributed by atoms with Gasteiger partial charge in [0, 0.05) is 0 Å². The summed E-state index contributed by atoms with van der Waals surface area (Å²) in [5.74, 6) is -0.225. The van der Waals surface area contributed by atoms with E-state index < -0.39 is 5.75 Å². The topological polar surface area (TPSA) is 76.0 Å². The van der Waals surface area contributed by atoms with E-state index in [1.54, 1.807) is 13.2 Å². The van der Waals surface area contributed by atoms with Gasteiger partial charge in [-0.15, -0.1) is 0 Å². The van der Waals surface area contributed by atoms with E-state index in [9.17, 15) is 15.0 Å². The third kappa shape index (κ3) is 2.46. The molecule has 0 atom stereocenters. The standard InChI is InChI=1S/C20H14O5/c1-24-14-5-4-12-8-11(2-3-13(12)10-14)9-17-18(22)15-6-7-16(21)19(23)20(15)25-17/h2-10,21,23H,1H3. The molecule has 0 aliphatic carbocycles. The van der Waals surface area contributed by atoms with Crippen LogP contribution >= 0.6 is 0 Å². The van der Waals surface area contributed by atoms with Gasteiger partial charge in [-0.1, -0.05) is 18.2 Å². The van der Waals surface area contributed by atoms with Crippen LogP contribution in [-0.4, -0.2) is 23.1 Å². The molecule has 3 aromatic carbocycles. The number of carbonyl (C=O) groups is 1. The molecular weight excluding hydrogens is 320 g/mol. The summed E-state index contributed by atoms with van der Waals surface area (Å²) in [6, 6.07) is 14.2. The molecule has 5 nitrogen and oxygen atoms in total. The van der Waals surface area contributed by atoms with Gasteiger partial charge in [0.2, 0.25) is 11.5 Å². The van der Waals surface area contributed by atoms with Crippen molar-refractivity contribution in [2.24, 2.45) is 0 Å². The van der Waals surface area contributed by atoms with E-state index in [-0.39, 0.29) is 28.6 Å². The highest BCUT2D eigenvalue weighted by atomic mass is 16.5. The Labute approximate surface area is 143 Å². The van der Waals surface area contributed by atoms with Gasteiger partial charge >= 0.3 is 0 Å². The molecule has 124 valence electrons. The van der Waals surface area contributed by atoms with Crippen LogP contribution in [0.1, 0.15) is 15.9 Å². The fourth-order valence-electron chi connectivity index (χ4n) is 2.84. The maximum atomic E-state index is 12.4. The molecule has 0 unspecified atom stereocenters. The molecule has 0 saturated carbocycles. The molecule has 0 aromatic heterocycles. The summed E-state index contributed by atoms with van der Waals surface area (Å²) >= 11 is 0. The van der Waals surface area contributed by atoms with Crippen molar-refractivity contribution >= 4 is 22.6 Å². The van der Waals surface area contributed by atoms with Gasteiger partial charge in [-0.05, 0) is 52.7 Å². The van der Waals surface area contributed by atoms with Gasteiger partial charge in [0.1, 0.15) is 5.75 Å². The van der Waals surface area contributed by atoms with Crippen molar-refractivity contribution in [1.29, 1.82) is 0 Å².